The molecule has 0 amide bonds. The molecule has 4 heteroatoms. The van der Waals surface area contributed by atoms with Gasteiger partial charge in [0.15, 0.2) is 0 Å². The molecule has 1 aromatic rings. The van der Waals surface area contributed by atoms with Crippen LogP contribution in [0.1, 0.15) is 45.9 Å². The number of hydrogen-bond acceptors (Lipinski definition) is 3. The summed E-state index contributed by atoms with van der Waals surface area (Å²) in [6, 6.07) is 0. The first-order valence-corrected chi connectivity index (χ1v) is 6.70. The quantitative estimate of drug-likeness (QED) is 0.845. The molecule has 0 spiro atoms. The van der Waals surface area contributed by atoms with Crippen LogP contribution >= 0.6 is 0 Å². The minimum absolute atomic E-state index is 0.0871. The molecule has 1 heterocycles. The van der Waals surface area contributed by atoms with E-state index in [-0.39, 0.29) is 11.5 Å². The van der Waals surface area contributed by atoms with Crippen molar-refractivity contribution in [3.8, 4) is 0 Å². The average molecular weight is 253 g/mol. The summed E-state index contributed by atoms with van der Waals surface area (Å²) in [5, 5.41) is 8.00. The van der Waals surface area contributed by atoms with Crippen LogP contribution in [0.3, 0.4) is 0 Å². The smallest absolute Gasteiger partial charge is 0.0722 e. The molecule has 0 saturated heterocycles. The van der Waals surface area contributed by atoms with E-state index in [0.29, 0.717) is 0 Å². The number of rotatable bonds is 6. The largest absolute Gasteiger partial charge is 0.377 e. The zero-order chi connectivity index (χ0) is 13.8. The highest BCUT2D eigenvalue weighted by Gasteiger charge is 2.21. The normalized spacial score (nSPS) is 13.9. The van der Waals surface area contributed by atoms with Gasteiger partial charge in [-0.05, 0) is 13.8 Å². The van der Waals surface area contributed by atoms with E-state index < -0.39 is 0 Å². The van der Waals surface area contributed by atoms with Gasteiger partial charge in [0.1, 0.15) is 0 Å². The molecule has 0 saturated carbocycles. The first-order valence-electron chi connectivity index (χ1n) is 6.70. The standard InChI is InChI=1S/C14H27N3O/c1-7-18-11(2)8-15-9-12-10-17(6)16-13(12)14(3,4)5/h10-11,15H,7-9H2,1-6H3. The summed E-state index contributed by atoms with van der Waals surface area (Å²) in [5.74, 6) is 0. The predicted octanol–water partition coefficient (Wildman–Crippen LogP) is 2.23. The molecule has 0 aromatic carbocycles. The van der Waals surface area contributed by atoms with Crippen LogP contribution in [-0.2, 0) is 23.7 Å². The maximum absolute atomic E-state index is 5.50. The first kappa shape index (κ1) is 15.2. The van der Waals surface area contributed by atoms with Crippen molar-refractivity contribution >= 4 is 0 Å². The molecule has 1 atom stereocenters. The highest BCUT2D eigenvalue weighted by molar-refractivity contribution is 5.23. The molecule has 0 bridgehead atoms. The van der Waals surface area contributed by atoms with Crippen LogP contribution in [0.4, 0.5) is 0 Å². The van der Waals surface area contributed by atoms with Crippen molar-refractivity contribution < 1.29 is 4.74 Å². The van der Waals surface area contributed by atoms with Gasteiger partial charge in [-0.25, -0.2) is 0 Å². The maximum Gasteiger partial charge on any atom is 0.0722 e. The van der Waals surface area contributed by atoms with Gasteiger partial charge in [0.25, 0.3) is 0 Å². The third-order valence-electron chi connectivity index (χ3n) is 2.81. The van der Waals surface area contributed by atoms with Crippen LogP contribution in [0.5, 0.6) is 0 Å². The molecule has 1 N–H and O–H groups in total. The topological polar surface area (TPSA) is 39.1 Å². The Kier molecular flexibility index (Phi) is 5.35. The van der Waals surface area contributed by atoms with Gasteiger partial charge in [0.2, 0.25) is 0 Å². The Bertz CT molecular complexity index is 366. The number of aryl methyl sites for hydroxylation is 1. The number of nitrogens with one attached hydrogen (secondary N) is 1. The predicted molar refractivity (Wildman–Crippen MR) is 74.7 cm³/mol. The van der Waals surface area contributed by atoms with E-state index in [0.717, 1.165) is 19.7 Å². The number of nitrogens with zero attached hydrogens (tertiary/aromatic N) is 2. The molecule has 0 fully saturated rings. The maximum atomic E-state index is 5.50. The lowest BCUT2D eigenvalue weighted by atomic mass is 9.89. The summed E-state index contributed by atoms with van der Waals surface area (Å²) >= 11 is 0. The van der Waals surface area contributed by atoms with Crippen LogP contribution in [0.2, 0.25) is 0 Å². The molecule has 18 heavy (non-hydrogen) atoms. The van der Waals surface area contributed by atoms with Gasteiger partial charge in [-0.2, -0.15) is 5.10 Å². The van der Waals surface area contributed by atoms with E-state index in [4.69, 9.17) is 4.74 Å². The Hall–Kier alpha value is -0.870. The molecular weight excluding hydrogens is 226 g/mol. The molecule has 1 rings (SSSR count). The minimum atomic E-state index is 0.0871. The molecule has 0 radical (unpaired) electrons. The zero-order valence-electron chi connectivity index (χ0n) is 12.6. The van der Waals surface area contributed by atoms with Gasteiger partial charge in [-0.1, -0.05) is 20.8 Å². The minimum Gasteiger partial charge on any atom is -0.377 e. The van der Waals surface area contributed by atoms with E-state index in [9.17, 15) is 0 Å². The van der Waals surface area contributed by atoms with Crippen molar-refractivity contribution in [2.24, 2.45) is 7.05 Å². The summed E-state index contributed by atoms with van der Waals surface area (Å²) in [5.41, 5.74) is 2.53. The van der Waals surface area contributed by atoms with Crippen LogP contribution < -0.4 is 5.32 Å². The van der Waals surface area contributed by atoms with Crippen LogP contribution in [0.15, 0.2) is 6.20 Å². The van der Waals surface area contributed by atoms with Crippen molar-refractivity contribution in [2.45, 2.75) is 52.7 Å². The van der Waals surface area contributed by atoms with E-state index in [1.807, 2.05) is 18.7 Å². The Morgan fingerprint density at radius 1 is 1.44 bits per heavy atom. The fourth-order valence-corrected chi connectivity index (χ4v) is 2.05. The van der Waals surface area contributed by atoms with Gasteiger partial charge >= 0.3 is 0 Å². The Labute approximate surface area is 111 Å². The third-order valence-corrected chi connectivity index (χ3v) is 2.81. The van der Waals surface area contributed by atoms with E-state index in [2.05, 4.69) is 44.3 Å². The lowest BCUT2D eigenvalue weighted by molar-refractivity contribution is 0.0759. The van der Waals surface area contributed by atoms with Crippen molar-refractivity contribution in [1.82, 2.24) is 15.1 Å². The number of hydrogen-bond donors (Lipinski definition) is 1. The molecular formula is C14H27N3O. The highest BCUT2D eigenvalue weighted by atomic mass is 16.5. The number of aromatic nitrogens is 2. The molecule has 104 valence electrons. The van der Waals surface area contributed by atoms with Crippen molar-refractivity contribution in [2.75, 3.05) is 13.2 Å². The Morgan fingerprint density at radius 3 is 2.67 bits per heavy atom. The summed E-state index contributed by atoms with van der Waals surface area (Å²) in [6.45, 7) is 13.2. The second-order valence-corrected chi connectivity index (χ2v) is 5.82. The van der Waals surface area contributed by atoms with Crippen LogP contribution in [0, 0.1) is 0 Å². The fraction of sp³-hybridized carbons (Fsp3) is 0.786. The Balaban J connectivity index is 2.57. The number of ether oxygens (including phenoxy) is 1. The summed E-state index contributed by atoms with van der Waals surface area (Å²) < 4.78 is 7.39. The van der Waals surface area contributed by atoms with Crippen molar-refractivity contribution in [3.05, 3.63) is 17.5 Å². The molecule has 0 aliphatic carbocycles. The summed E-state index contributed by atoms with van der Waals surface area (Å²) in [4.78, 5) is 0. The monoisotopic (exact) mass is 253 g/mol. The van der Waals surface area contributed by atoms with Crippen molar-refractivity contribution in [3.63, 3.8) is 0 Å². The molecule has 0 aliphatic rings. The average Bonchev–Trinajstić information content (AvgIpc) is 2.60. The second-order valence-electron chi connectivity index (χ2n) is 5.82. The molecule has 1 unspecified atom stereocenters. The van der Waals surface area contributed by atoms with E-state index in [1.165, 1.54) is 11.3 Å². The van der Waals surface area contributed by atoms with Crippen LogP contribution in [-0.4, -0.2) is 29.0 Å². The van der Waals surface area contributed by atoms with Gasteiger partial charge in [0.05, 0.1) is 11.8 Å². The Morgan fingerprint density at radius 2 is 2.11 bits per heavy atom. The van der Waals surface area contributed by atoms with Gasteiger partial charge < -0.3 is 10.1 Å². The fourth-order valence-electron chi connectivity index (χ4n) is 2.05. The van der Waals surface area contributed by atoms with Gasteiger partial charge in [-0.15, -0.1) is 0 Å². The SMILES string of the molecule is CCOC(C)CNCc1cn(C)nc1C(C)(C)C. The van der Waals surface area contributed by atoms with Crippen molar-refractivity contribution in [1.29, 1.82) is 0 Å². The van der Waals surface area contributed by atoms with Gasteiger partial charge in [-0.3, -0.25) is 4.68 Å². The lowest BCUT2D eigenvalue weighted by Gasteiger charge is -2.18. The van der Waals surface area contributed by atoms with Crippen LogP contribution in [0.25, 0.3) is 0 Å². The summed E-state index contributed by atoms with van der Waals surface area (Å²) in [6.07, 6.45) is 2.35. The summed E-state index contributed by atoms with van der Waals surface area (Å²) in [7, 11) is 1.97. The molecule has 0 aliphatic heterocycles. The lowest BCUT2D eigenvalue weighted by Crippen LogP contribution is -2.27. The molecule has 1 aromatic heterocycles. The third kappa shape index (κ3) is 4.42. The second kappa shape index (κ2) is 6.34. The highest BCUT2D eigenvalue weighted by Crippen LogP contribution is 2.23. The van der Waals surface area contributed by atoms with E-state index >= 15 is 0 Å². The van der Waals surface area contributed by atoms with E-state index in [1.54, 1.807) is 0 Å². The van der Waals surface area contributed by atoms with Gasteiger partial charge in [0, 0.05) is 43.9 Å². The zero-order valence-corrected chi connectivity index (χ0v) is 12.6. The molecule has 4 nitrogen and oxygen atoms in total. The first-order chi connectivity index (χ1) is 8.34.